The number of rotatable bonds is 7. The Bertz CT molecular complexity index is 1310. The van der Waals surface area contributed by atoms with Crippen LogP contribution in [0.4, 0.5) is 5.69 Å². The zero-order chi connectivity index (χ0) is 27.8. The number of carbonyl (C=O) groups is 2. The Hall–Kier alpha value is -3.94. The number of hydrogen-bond donors (Lipinski definition) is 1. The average molecular weight is 521 g/mol. The number of benzene rings is 2. The summed E-state index contributed by atoms with van der Waals surface area (Å²) in [4.78, 5) is 29.4. The van der Waals surface area contributed by atoms with Crippen molar-refractivity contribution < 1.29 is 28.5 Å². The second kappa shape index (κ2) is 10.4. The minimum Gasteiger partial charge on any atom is -0.493 e. The van der Waals surface area contributed by atoms with Crippen LogP contribution in [-0.2, 0) is 14.3 Å². The molecule has 38 heavy (non-hydrogen) atoms. The first-order valence-electron chi connectivity index (χ1n) is 12.7. The fourth-order valence-electron chi connectivity index (χ4n) is 5.48. The lowest BCUT2D eigenvalue weighted by atomic mass is 9.68. The van der Waals surface area contributed by atoms with Gasteiger partial charge in [0.2, 0.25) is 5.75 Å². The highest BCUT2D eigenvalue weighted by Crippen LogP contribution is 2.52. The summed E-state index contributed by atoms with van der Waals surface area (Å²) in [6, 6.07) is 11.4. The third-order valence-corrected chi connectivity index (χ3v) is 7.04. The fourth-order valence-corrected chi connectivity index (χ4v) is 5.48. The first kappa shape index (κ1) is 27.1. The van der Waals surface area contributed by atoms with Crippen LogP contribution in [0, 0.1) is 12.3 Å². The molecular weight excluding hydrogens is 484 g/mol. The molecule has 0 saturated heterocycles. The minimum atomic E-state index is -0.776. The maximum atomic E-state index is 13.9. The Morgan fingerprint density at radius 3 is 2.26 bits per heavy atom. The SMILES string of the molecule is CCOC(=O)C1=C(N)N(c2cccc(C)c2)C2=C(C(=O)CC(C)(C)C2)[C@@H]1c1cc(OC)c(OC)c(OC)c1. The van der Waals surface area contributed by atoms with Crippen LogP contribution in [0.1, 0.15) is 50.7 Å². The molecule has 202 valence electrons. The molecule has 8 heteroatoms. The number of aryl methyl sites for hydroxylation is 1. The predicted molar refractivity (Wildman–Crippen MR) is 145 cm³/mol. The number of methoxy groups -OCH3 is 3. The van der Waals surface area contributed by atoms with Crippen molar-refractivity contribution in [1.29, 1.82) is 0 Å². The van der Waals surface area contributed by atoms with Crippen LogP contribution in [0.2, 0.25) is 0 Å². The summed E-state index contributed by atoms with van der Waals surface area (Å²) < 4.78 is 22.2. The second-order valence-corrected chi connectivity index (χ2v) is 10.4. The third-order valence-electron chi connectivity index (χ3n) is 7.04. The highest BCUT2D eigenvalue weighted by atomic mass is 16.5. The standard InChI is InChI=1S/C30H36N2O6/c1-8-38-29(34)26-24(18-13-22(35-5)27(37-7)23(14-18)36-6)25-20(15-30(3,4)16-21(25)33)32(28(26)31)19-11-9-10-17(2)12-19/h9-14,24H,8,15-16,31H2,1-7H3/t24-/m0/s1. The maximum Gasteiger partial charge on any atom is 0.338 e. The molecule has 0 bridgehead atoms. The van der Waals surface area contributed by atoms with E-state index in [4.69, 9.17) is 24.7 Å². The Balaban J connectivity index is 2.08. The van der Waals surface area contributed by atoms with Gasteiger partial charge in [-0.05, 0) is 61.1 Å². The fraction of sp³-hybridized carbons (Fsp3) is 0.400. The van der Waals surface area contributed by atoms with E-state index in [1.807, 2.05) is 36.1 Å². The summed E-state index contributed by atoms with van der Waals surface area (Å²) in [5.74, 6) is 0.0777. The topological polar surface area (TPSA) is 100 Å². The number of ether oxygens (including phenoxy) is 4. The minimum absolute atomic E-state index is 0.0399. The zero-order valence-electron chi connectivity index (χ0n) is 23.1. The number of nitrogens with two attached hydrogens (primary N) is 1. The number of ketones is 1. The van der Waals surface area contributed by atoms with E-state index < -0.39 is 11.9 Å². The van der Waals surface area contributed by atoms with Crippen LogP contribution < -0.4 is 24.8 Å². The third kappa shape index (κ3) is 4.71. The van der Waals surface area contributed by atoms with Gasteiger partial charge in [0.05, 0.1) is 39.4 Å². The molecule has 0 radical (unpaired) electrons. The molecular formula is C30H36N2O6. The molecule has 0 amide bonds. The van der Waals surface area contributed by atoms with Crippen molar-refractivity contribution in [3.8, 4) is 17.2 Å². The molecule has 0 spiro atoms. The molecule has 4 rings (SSSR count). The average Bonchev–Trinajstić information content (AvgIpc) is 2.86. The van der Waals surface area contributed by atoms with Crippen molar-refractivity contribution >= 4 is 17.4 Å². The normalized spacial score (nSPS) is 18.8. The summed E-state index contributed by atoms with van der Waals surface area (Å²) in [6.45, 7) is 8.03. The lowest BCUT2D eigenvalue weighted by Gasteiger charge is -2.44. The molecule has 2 N–H and O–H groups in total. The van der Waals surface area contributed by atoms with Crippen molar-refractivity contribution in [3.63, 3.8) is 0 Å². The summed E-state index contributed by atoms with van der Waals surface area (Å²) in [5, 5.41) is 0. The molecule has 2 aromatic carbocycles. The van der Waals surface area contributed by atoms with Gasteiger partial charge in [0.25, 0.3) is 0 Å². The van der Waals surface area contributed by atoms with E-state index in [0.717, 1.165) is 16.9 Å². The number of carbonyl (C=O) groups excluding carboxylic acids is 2. The van der Waals surface area contributed by atoms with Crippen LogP contribution in [0.25, 0.3) is 0 Å². The first-order chi connectivity index (χ1) is 18.1. The van der Waals surface area contributed by atoms with E-state index in [1.54, 1.807) is 19.1 Å². The van der Waals surface area contributed by atoms with Gasteiger partial charge in [0.1, 0.15) is 5.82 Å². The van der Waals surface area contributed by atoms with Gasteiger partial charge in [-0.15, -0.1) is 0 Å². The lowest BCUT2D eigenvalue weighted by molar-refractivity contribution is -0.138. The van der Waals surface area contributed by atoms with Gasteiger partial charge in [0, 0.05) is 23.4 Å². The lowest BCUT2D eigenvalue weighted by Crippen LogP contribution is -2.43. The van der Waals surface area contributed by atoms with Gasteiger partial charge < -0.3 is 24.7 Å². The number of anilines is 1. The number of hydrogen-bond acceptors (Lipinski definition) is 8. The van der Waals surface area contributed by atoms with Gasteiger partial charge in [0.15, 0.2) is 17.3 Å². The van der Waals surface area contributed by atoms with Crippen LogP contribution in [-0.4, -0.2) is 39.7 Å². The summed E-state index contributed by atoms with van der Waals surface area (Å²) >= 11 is 0. The van der Waals surface area contributed by atoms with Gasteiger partial charge in [-0.25, -0.2) is 4.79 Å². The van der Waals surface area contributed by atoms with Gasteiger partial charge in [-0.3, -0.25) is 9.69 Å². The van der Waals surface area contributed by atoms with E-state index in [-0.39, 0.29) is 29.2 Å². The highest BCUT2D eigenvalue weighted by Gasteiger charge is 2.47. The molecule has 0 unspecified atom stereocenters. The Kier molecular flexibility index (Phi) is 7.44. The second-order valence-electron chi connectivity index (χ2n) is 10.4. The van der Waals surface area contributed by atoms with E-state index in [0.29, 0.717) is 41.2 Å². The molecule has 1 aliphatic carbocycles. The highest BCUT2D eigenvalue weighted by molar-refractivity contribution is 6.05. The van der Waals surface area contributed by atoms with Crippen molar-refractivity contribution in [2.24, 2.45) is 11.1 Å². The monoisotopic (exact) mass is 520 g/mol. The Labute approximate surface area is 224 Å². The van der Waals surface area contributed by atoms with Gasteiger partial charge in [-0.2, -0.15) is 0 Å². The summed E-state index contributed by atoms with van der Waals surface area (Å²) in [7, 11) is 4.57. The number of Topliss-reactive ketones (excluding diaryl/α,β-unsaturated/α-hetero) is 1. The van der Waals surface area contributed by atoms with E-state index in [1.165, 1.54) is 21.3 Å². The van der Waals surface area contributed by atoms with Crippen molar-refractivity contribution in [3.05, 3.63) is 70.2 Å². The van der Waals surface area contributed by atoms with Crippen molar-refractivity contribution in [2.45, 2.75) is 46.5 Å². The van der Waals surface area contributed by atoms with Crippen LogP contribution in [0.3, 0.4) is 0 Å². The largest absolute Gasteiger partial charge is 0.493 e. The molecule has 1 aliphatic heterocycles. The summed E-state index contributed by atoms with van der Waals surface area (Å²) in [6.07, 6.45) is 0.935. The summed E-state index contributed by atoms with van der Waals surface area (Å²) in [5.41, 5.74) is 10.5. The molecule has 8 nitrogen and oxygen atoms in total. The smallest absolute Gasteiger partial charge is 0.338 e. The Morgan fingerprint density at radius 1 is 1.05 bits per heavy atom. The van der Waals surface area contributed by atoms with Gasteiger partial charge >= 0.3 is 5.97 Å². The van der Waals surface area contributed by atoms with E-state index in [9.17, 15) is 9.59 Å². The number of nitrogens with zero attached hydrogens (tertiary/aromatic N) is 1. The van der Waals surface area contributed by atoms with Crippen molar-refractivity contribution in [1.82, 2.24) is 0 Å². The van der Waals surface area contributed by atoms with Crippen LogP contribution in [0.5, 0.6) is 17.2 Å². The van der Waals surface area contributed by atoms with E-state index in [2.05, 4.69) is 13.8 Å². The van der Waals surface area contributed by atoms with Crippen LogP contribution in [0.15, 0.2) is 59.1 Å². The Morgan fingerprint density at radius 2 is 1.71 bits per heavy atom. The predicted octanol–water partition coefficient (Wildman–Crippen LogP) is 5.00. The number of allylic oxidation sites excluding steroid dienone is 2. The van der Waals surface area contributed by atoms with Crippen molar-refractivity contribution in [2.75, 3.05) is 32.8 Å². The van der Waals surface area contributed by atoms with Crippen LogP contribution >= 0.6 is 0 Å². The number of esters is 1. The molecule has 2 aliphatic rings. The van der Waals surface area contributed by atoms with E-state index >= 15 is 0 Å². The molecule has 0 saturated carbocycles. The zero-order valence-corrected chi connectivity index (χ0v) is 23.1. The molecule has 0 aromatic heterocycles. The quantitative estimate of drug-likeness (QED) is 0.509. The molecule has 1 heterocycles. The first-order valence-corrected chi connectivity index (χ1v) is 12.7. The molecule has 1 atom stereocenters. The van der Waals surface area contributed by atoms with Gasteiger partial charge in [-0.1, -0.05) is 26.0 Å². The molecule has 2 aromatic rings. The molecule has 0 fully saturated rings. The maximum absolute atomic E-state index is 13.9.